The van der Waals surface area contributed by atoms with E-state index in [9.17, 15) is 13.5 Å². The quantitative estimate of drug-likeness (QED) is 0.199. The molecular formula is C34H32Cl2N2O3S. The lowest BCUT2D eigenvalue weighted by molar-refractivity contribution is 0.476. The third-order valence-corrected chi connectivity index (χ3v) is 9.42. The summed E-state index contributed by atoms with van der Waals surface area (Å²) in [6.07, 6.45) is 0. The largest absolute Gasteiger partial charge is 0.505 e. The van der Waals surface area contributed by atoms with Crippen LogP contribution >= 0.6 is 23.2 Å². The first-order chi connectivity index (χ1) is 19.8. The number of phenolic OH excluding ortho intramolecular Hbond substituents is 1. The first-order valence-corrected chi connectivity index (χ1v) is 15.7. The smallest absolute Gasteiger partial charge is 0.268 e. The molecule has 216 valence electrons. The Morgan fingerprint density at radius 3 is 1.98 bits per heavy atom. The van der Waals surface area contributed by atoms with Gasteiger partial charge >= 0.3 is 0 Å². The van der Waals surface area contributed by atoms with Crippen LogP contribution in [0, 0.1) is 13.8 Å². The summed E-state index contributed by atoms with van der Waals surface area (Å²) < 4.78 is 30.7. The number of aryl methyl sites for hydroxylation is 2. The number of anilines is 4. The lowest BCUT2D eigenvalue weighted by atomic mass is 9.83. The summed E-state index contributed by atoms with van der Waals surface area (Å²) in [7, 11) is -4.21. The van der Waals surface area contributed by atoms with Gasteiger partial charge in [0.15, 0.2) is 5.75 Å². The molecule has 0 aliphatic rings. The molecule has 0 radical (unpaired) electrons. The number of nitrogens with zero attached hydrogens (tertiary/aromatic N) is 1. The zero-order valence-electron chi connectivity index (χ0n) is 24.0. The standard InChI is InChI=1S/C34H32Cl2N2O3S/c1-21-13-15-23(16-14-21)37-31-20-28(34(3,4)5)32(27-12-7-6-11-26(27)31)38(24-18-29(35)33(39)30(36)19-24)42(40,41)25-10-8-9-22(2)17-25/h6-20,37,39H,1-5H3. The molecule has 42 heavy (non-hydrogen) atoms. The molecule has 5 nitrogen and oxygen atoms in total. The van der Waals surface area contributed by atoms with Gasteiger partial charge in [0.05, 0.1) is 26.3 Å². The van der Waals surface area contributed by atoms with Gasteiger partial charge in [-0.1, -0.05) is 98.1 Å². The molecule has 0 spiro atoms. The van der Waals surface area contributed by atoms with E-state index in [4.69, 9.17) is 23.2 Å². The van der Waals surface area contributed by atoms with Crippen molar-refractivity contribution in [2.24, 2.45) is 0 Å². The van der Waals surface area contributed by atoms with Gasteiger partial charge in [0.1, 0.15) is 0 Å². The van der Waals surface area contributed by atoms with Crippen molar-refractivity contribution in [2.75, 3.05) is 9.62 Å². The maximum Gasteiger partial charge on any atom is 0.268 e. The number of hydrogen-bond acceptors (Lipinski definition) is 4. The first kappa shape index (κ1) is 29.8. The Balaban J connectivity index is 1.89. The molecule has 0 saturated heterocycles. The predicted molar refractivity (Wildman–Crippen MR) is 176 cm³/mol. The maximum absolute atomic E-state index is 14.7. The molecule has 0 aromatic heterocycles. The van der Waals surface area contributed by atoms with E-state index >= 15 is 0 Å². The Bertz CT molecular complexity index is 1890. The maximum atomic E-state index is 14.7. The number of benzene rings is 5. The Morgan fingerprint density at radius 2 is 1.38 bits per heavy atom. The average molecular weight is 620 g/mol. The molecule has 2 N–H and O–H groups in total. The molecular weight excluding hydrogens is 587 g/mol. The van der Waals surface area contributed by atoms with E-state index in [1.807, 2.05) is 95.3 Å². The van der Waals surface area contributed by atoms with Crippen molar-refractivity contribution in [2.45, 2.75) is 44.9 Å². The molecule has 5 aromatic carbocycles. The van der Waals surface area contributed by atoms with E-state index in [0.29, 0.717) is 5.69 Å². The molecule has 0 aliphatic carbocycles. The molecule has 5 rings (SSSR count). The fraction of sp³-hybridized carbons (Fsp3) is 0.176. The van der Waals surface area contributed by atoms with E-state index in [-0.39, 0.29) is 26.4 Å². The van der Waals surface area contributed by atoms with Gasteiger partial charge < -0.3 is 10.4 Å². The minimum Gasteiger partial charge on any atom is -0.505 e. The van der Waals surface area contributed by atoms with Crippen molar-refractivity contribution in [1.82, 2.24) is 0 Å². The first-order valence-electron chi connectivity index (χ1n) is 13.5. The predicted octanol–water partition coefficient (Wildman–Crippen LogP) is 10.0. The summed E-state index contributed by atoms with van der Waals surface area (Å²) in [4.78, 5) is 0.119. The van der Waals surface area contributed by atoms with E-state index in [1.54, 1.807) is 18.2 Å². The molecule has 0 unspecified atom stereocenters. The van der Waals surface area contributed by atoms with Crippen LogP contribution in [0.3, 0.4) is 0 Å². The Morgan fingerprint density at radius 1 is 0.762 bits per heavy atom. The average Bonchev–Trinajstić information content (AvgIpc) is 2.93. The van der Waals surface area contributed by atoms with Gasteiger partial charge in [0.25, 0.3) is 10.0 Å². The molecule has 0 fully saturated rings. The number of fused-ring (bicyclic) bond motifs is 1. The third kappa shape index (κ3) is 5.67. The number of nitrogens with one attached hydrogen (secondary N) is 1. The van der Waals surface area contributed by atoms with E-state index in [2.05, 4.69) is 5.32 Å². The lowest BCUT2D eigenvalue weighted by Crippen LogP contribution is -2.29. The second kappa shape index (κ2) is 11.2. The topological polar surface area (TPSA) is 69.6 Å². The van der Waals surface area contributed by atoms with Crippen molar-refractivity contribution in [3.05, 3.63) is 118 Å². The number of halogens is 2. The second-order valence-electron chi connectivity index (χ2n) is 11.5. The van der Waals surface area contributed by atoms with Gasteiger partial charge in [-0.05, 0) is 72.9 Å². The van der Waals surface area contributed by atoms with Crippen LogP contribution in [-0.4, -0.2) is 13.5 Å². The highest BCUT2D eigenvalue weighted by Gasteiger charge is 2.34. The van der Waals surface area contributed by atoms with E-state index in [0.717, 1.165) is 38.8 Å². The number of sulfonamides is 1. The number of aromatic hydroxyl groups is 1. The zero-order chi connectivity index (χ0) is 30.4. The molecule has 0 bridgehead atoms. The fourth-order valence-electron chi connectivity index (χ4n) is 4.98. The summed E-state index contributed by atoms with van der Waals surface area (Å²) in [5, 5.41) is 15.3. The number of phenols is 1. The van der Waals surface area contributed by atoms with Crippen LogP contribution in [0.1, 0.15) is 37.5 Å². The van der Waals surface area contributed by atoms with Crippen LogP contribution in [0.15, 0.2) is 95.9 Å². The molecule has 0 aliphatic heterocycles. The Hall–Kier alpha value is -3.71. The van der Waals surface area contributed by atoms with Gasteiger partial charge in [-0.15, -0.1) is 0 Å². The lowest BCUT2D eigenvalue weighted by Gasteiger charge is -2.33. The summed E-state index contributed by atoms with van der Waals surface area (Å²) in [5.74, 6) is -0.312. The minimum atomic E-state index is -4.21. The Kier molecular flexibility index (Phi) is 7.92. The number of hydrogen-bond donors (Lipinski definition) is 2. The molecule has 5 aromatic rings. The van der Waals surface area contributed by atoms with Gasteiger partial charge in [-0.25, -0.2) is 12.7 Å². The van der Waals surface area contributed by atoms with E-state index < -0.39 is 15.4 Å². The Labute approximate surface area is 257 Å². The highest BCUT2D eigenvalue weighted by atomic mass is 35.5. The van der Waals surface area contributed by atoms with Crippen LogP contribution in [0.5, 0.6) is 5.75 Å². The van der Waals surface area contributed by atoms with Crippen LogP contribution < -0.4 is 9.62 Å². The highest BCUT2D eigenvalue weighted by molar-refractivity contribution is 7.93. The van der Waals surface area contributed by atoms with E-state index in [1.165, 1.54) is 16.4 Å². The van der Waals surface area contributed by atoms with Crippen LogP contribution in [-0.2, 0) is 15.4 Å². The zero-order valence-corrected chi connectivity index (χ0v) is 26.4. The summed E-state index contributed by atoms with van der Waals surface area (Å²) in [6.45, 7) is 10.0. The van der Waals surface area contributed by atoms with Crippen LogP contribution in [0.25, 0.3) is 10.8 Å². The fourth-order valence-corrected chi connectivity index (χ4v) is 7.08. The van der Waals surface area contributed by atoms with Gasteiger partial charge in [0, 0.05) is 22.1 Å². The van der Waals surface area contributed by atoms with Crippen molar-refractivity contribution < 1.29 is 13.5 Å². The van der Waals surface area contributed by atoms with Gasteiger partial charge in [0.2, 0.25) is 0 Å². The van der Waals surface area contributed by atoms with Crippen molar-refractivity contribution in [3.63, 3.8) is 0 Å². The summed E-state index contributed by atoms with van der Waals surface area (Å²) in [5.41, 5.74) is 4.69. The van der Waals surface area contributed by atoms with Crippen molar-refractivity contribution in [1.29, 1.82) is 0 Å². The normalized spacial score (nSPS) is 12.0. The monoisotopic (exact) mass is 618 g/mol. The van der Waals surface area contributed by atoms with Crippen molar-refractivity contribution >= 4 is 66.7 Å². The SMILES string of the molecule is Cc1ccc(Nc2cc(C(C)(C)C)c(N(c3cc(Cl)c(O)c(Cl)c3)S(=O)(=O)c3cccc(C)c3)c3ccccc23)cc1. The molecule has 0 saturated carbocycles. The second-order valence-corrected chi connectivity index (χ2v) is 14.1. The summed E-state index contributed by atoms with van der Waals surface area (Å²) in [6, 6.07) is 27.5. The van der Waals surface area contributed by atoms with Crippen LogP contribution in [0.4, 0.5) is 22.7 Å². The minimum absolute atomic E-state index is 0.0544. The molecule has 0 amide bonds. The molecule has 0 atom stereocenters. The third-order valence-electron chi connectivity index (χ3n) is 7.12. The van der Waals surface area contributed by atoms with Crippen LogP contribution in [0.2, 0.25) is 10.0 Å². The number of rotatable bonds is 6. The van der Waals surface area contributed by atoms with Gasteiger partial charge in [-0.2, -0.15) is 0 Å². The van der Waals surface area contributed by atoms with Gasteiger partial charge in [-0.3, -0.25) is 0 Å². The highest BCUT2D eigenvalue weighted by Crippen LogP contribution is 2.48. The van der Waals surface area contributed by atoms with Crippen molar-refractivity contribution in [3.8, 4) is 5.75 Å². The summed E-state index contributed by atoms with van der Waals surface area (Å²) >= 11 is 12.8. The molecule has 8 heteroatoms. The molecule has 0 heterocycles.